The molecule has 0 aromatic carbocycles. The van der Waals surface area contributed by atoms with Crippen LogP contribution >= 0.6 is 0 Å². The number of rotatable bonds is 4. The summed E-state index contributed by atoms with van der Waals surface area (Å²) in [5.41, 5.74) is 5.42. The molecule has 2 aromatic heterocycles. The summed E-state index contributed by atoms with van der Waals surface area (Å²) in [6.45, 7) is 1.24. The Balaban J connectivity index is 1.90. The predicted octanol–water partition coefficient (Wildman–Crippen LogP) is -0.475. The first-order chi connectivity index (χ1) is 11.3. The second-order valence-electron chi connectivity index (χ2n) is 5.87. The zero-order valence-electron chi connectivity index (χ0n) is 13.5. The Labute approximate surface area is 140 Å². The Morgan fingerprint density at radius 3 is 2.71 bits per heavy atom. The summed E-state index contributed by atoms with van der Waals surface area (Å²) in [6.07, 6.45) is 4.77. The first-order valence-electron chi connectivity index (χ1n) is 7.46. The van der Waals surface area contributed by atoms with Crippen LogP contribution < -0.4 is 5.73 Å². The molecule has 130 valence electrons. The van der Waals surface area contributed by atoms with Gasteiger partial charge in [-0.3, -0.25) is 9.69 Å². The van der Waals surface area contributed by atoms with Crippen LogP contribution in [0.25, 0.3) is 0 Å². The van der Waals surface area contributed by atoms with Crippen LogP contribution in [0.5, 0.6) is 0 Å². The zero-order valence-corrected chi connectivity index (χ0v) is 14.3. The minimum Gasteiger partial charge on any atom is -0.364 e. The minimum absolute atomic E-state index is 0.0709. The second-order valence-corrected chi connectivity index (χ2v) is 7.81. The molecule has 1 fully saturated rings. The van der Waals surface area contributed by atoms with Crippen LogP contribution in [-0.2, 0) is 17.1 Å². The van der Waals surface area contributed by atoms with Gasteiger partial charge in [-0.25, -0.2) is 13.4 Å². The van der Waals surface area contributed by atoms with Crippen LogP contribution in [0.1, 0.15) is 22.4 Å². The number of amides is 1. The van der Waals surface area contributed by atoms with Crippen LogP contribution in [0.15, 0.2) is 29.6 Å². The van der Waals surface area contributed by atoms with Gasteiger partial charge in [-0.05, 0) is 13.1 Å². The fourth-order valence-electron chi connectivity index (χ4n) is 2.89. The molecule has 0 radical (unpaired) electrons. The molecule has 1 atom stereocenters. The molecular weight excluding hydrogens is 332 g/mol. The van der Waals surface area contributed by atoms with Gasteiger partial charge in [0.05, 0.1) is 6.04 Å². The van der Waals surface area contributed by atoms with Crippen molar-refractivity contribution in [3.05, 3.63) is 36.2 Å². The number of carbonyl (C=O) groups is 1. The van der Waals surface area contributed by atoms with Gasteiger partial charge in [0.2, 0.25) is 10.0 Å². The minimum atomic E-state index is -3.71. The van der Waals surface area contributed by atoms with E-state index in [1.54, 1.807) is 19.4 Å². The molecular formula is C14H20N6O3S. The van der Waals surface area contributed by atoms with E-state index in [2.05, 4.69) is 14.9 Å². The van der Waals surface area contributed by atoms with E-state index >= 15 is 0 Å². The quantitative estimate of drug-likeness (QED) is 0.771. The van der Waals surface area contributed by atoms with E-state index in [0.717, 1.165) is 5.82 Å². The summed E-state index contributed by atoms with van der Waals surface area (Å²) >= 11 is 0. The average Bonchev–Trinajstić information content (AvgIpc) is 3.17. The molecule has 0 spiro atoms. The Morgan fingerprint density at radius 2 is 2.12 bits per heavy atom. The van der Waals surface area contributed by atoms with Crippen LogP contribution in [0.3, 0.4) is 0 Å². The Kier molecular flexibility index (Phi) is 4.20. The number of nitrogens with one attached hydrogen (secondary N) is 1. The molecule has 1 amide bonds. The third kappa shape index (κ3) is 2.83. The number of nitrogens with zero attached hydrogens (tertiary/aromatic N) is 4. The van der Waals surface area contributed by atoms with Crippen LogP contribution in [0, 0.1) is 0 Å². The number of aryl methyl sites for hydroxylation is 1. The molecule has 3 rings (SSSR count). The second kappa shape index (κ2) is 6.04. The monoisotopic (exact) mass is 352 g/mol. The molecule has 1 saturated heterocycles. The van der Waals surface area contributed by atoms with Gasteiger partial charge in [0.1, 0.15) is 16.4 Å². The van der Waals surface area contributed by atoms with E-state index in [9.17, 15) is 13.2 Å². The van der Waals surface area contributed by atoms with Crippen molar-refractivity contribution >= 4 is 15.9 Å². The highest BCUT2D eigenvalue weighted by atomic mass is 32.2. The molecule has 9 nitrogen and oxygen atoms in total. The van der Waals surface area contributed by atoms with Gasteiger partial charge in [-0.1, -0.05) is 0 Å². The first kappa shape index (κ1) is 16.7. The molecule has 0 saturated carbocycles. The van der Waals surface area contributed by atoms with Crippen molar-refractivity contribution in [2.45, 2.75) is 10.9 Å². The standard InChI is InChI=1S/C14H20N6O3S/c1-18-5-6-20(9-12(18)14-16-3-4-17-14)24(22,23)10-7-11(13(15)21)19(2)8-10/h3-4,7-8,12H,5-6,9H2,1-2H3,(H2,15,21)(H,16,17)/t12-/m0/s1. The maximum Gasteiger partial charge on any atom is 0.265 e. The molecule has 3 N–H and O–H groups in total. The molecule has 1 aliphatic heterocycles. The van der Waals surface area contributed by atoms with Crippen LogP contribution in [0.4, 0.5) is 0 Å². The van der Waals surface area contributed by atoms with Crippen LogP contribution in [0.2, 0.25) is 0 Å². The fourth-order valence-corrected chi connectivity index (χ4v) is 4.40. The maximum atomic E-state index is 12.9. The first-order valence-corrected chi connectivity index (χ1v) is 8.90. The summed E-state index contributed by atoms with van der Waals surface area (Å²) in [5.74, 6) is 0.0640. The third-order valence-electron chi connectivity index (χ3n) is 4.32. The number of H-pyrrole nitrogens is 1. The lowest BCUT2D eigenvalue weighted by atomic mass is 10.2. The molecule has 0 aliphatic carbocycles. The Bertz CT molecular complexity index is 842. The largest absolute Gasteiger partial charge is 0.364 e. The van der Waals surface area contributed by atoms with E-state index in [1.807, 2.05) is 7.05 Å². The Hall–Kier alpha value is -2.17. The van der Waals surface area contributed by atoms with E-state index < -0.39 is 15.9 Å². The topological polar surface area (TPSA) is 117 Å². The van der Waals surface area contributed by atoms with Gasteiger partial charge < -0.3 is 15.3 Å². The van der Waals surface area contributed by atoms with Crippen molar-refractivity contribution in [1.82, 2.24) is 23.7 Å². The number of primary amides is 1. The summed E-state index contributed by atoms with van der Waals surface area (Å²) in [6, 6.07) is 1.17. The SMILES string of the molecule is CN1CCN(S(=O)(=O)c2cc(C(N)=O)n(C)c2)C[C@H]1c1ncc[nH]1. The lowest BCUT2D eigenvalue weighted by Gasteiger charge is -2.37. The summed E-state index contributed by atoms with van der Waals surface area (Å²) < 4.78 is 28.7. The molecule has 0 unspecified atom stereocenters. The van der Waals surface area contributed by atoms with Gasteiger partial charge in [-0.2, -0.15) is 4.31 Å². The van der Waals surface area contributed by atoms with Gasteiger partial charge in [-0.15, -0.1) is 0 Å². The zero-order chi connectivity index (χ0) is 17.5. The van der Waals surface area contributed by atoms with E-state index in [4.69, 9.17) is 5.73 Å². The molecule has 1 aliphatic rings. The Morgan fingerprint density at radius 1 is 1.38 bits per heavy atom. The average molecular weight is 352 g/mol. The molecule has 2 aromatic rings. The number of hydrogen-bond acceptors (Lipinski definition) is 5. The lowest BCUT2D eigenvalue weighted by Crippen LogP contribution is -2.49. The van der Waals surface area contributed by atoms with Crippen molar-refractivity contribution in [1.29, 1.82) is 0 Å². The number of piperazine rings is 1. The number of carbonyl (C=O) groups excluding carboxylic acids is 1. The highest BCUT2D eigenvalue weighted by Gasteiger charge is 2.35. The van der Waals surface area contributed by atoms with Gasteiger partial charge in [0, 0.05) is 45.3 Å². The smallest absolute Gasteiger partial charge is 0.265 e. The highest BCUT2D eigenvalue weighted by Crippen LogP contribution is 2.26. The van der Waals surface area contributed by atoms with Crippen molar-refractivity contribution in [3.63, 3.8) is 0 Å². The summed E-state index contributed by atoms with van der Waals surface area (Å²) in [4.78, 5) is 20.8. The lowest BCUT2D eigenvalue weighted by molar-refractivity contribution is 0.0992. The number of aromatic nitrogens is 3. The summed E-state index contributed by atoms with van der Waals surface area (Å²) in [5, 5.41) is 0. The van der Waals surface area contributed by atoms with E-state index in [0.29, 0.717) is 13.1 Å². The number of imidazole rings is 1. The van der Waals surface area contributed by atoms with Crippen molar-refractivity contribution in [3.8, 4) is 0 Å². The number of hydrogen-bond donors (Lipinski definition) is 2. The van der Waals surface area contributed by atoms with Crippen molar-refractivity contribution in [2.24, 2.45) is 12.8 Å². The van der Waals surface area contributed by atoms with E-state index in [1.165, 1.54) is 21.1 Å². The maximum absolute atomic E-state index is 12.9. The van der Waals surface area contributed by atoms with Crippen molar-refractivity contribution < 1.29 is 13.2 Å². The number of likely N-dealkylation sites (N-methyl/N-ethyl adjacent to an activating group) is 1. The van der Waals surface area contributed by atoms with Crippen LogP contribution in [-0.4, -0.2) is 64.7 Å². The van der Waals surface area contributed by atoms with Gasteiger partial charge in [0.15, 0.2) is 0 Å². The summed E-state index contributed by atoms with van der Waals surface area (Å²) in [7, 11) is -0.181. The molecule has 3 heterocycles. The molecule has 10 heteroatoms. The highest BCUT2D eigenvalue weighted by molar-refractivity contribution is 7.89. The number of nitrogens with two attached hydrogens (primary N) is 1. The normalized spacial score (nSPS) is 20.3. The third-order valence-corrected chi connectivity index (χ3v) is 6.15. The predicted molar refractivity (Wildman–Crippen MR) is 86.6 cm³/mol. The molecule has 0 bridgehead atoms. The van der Waals surface area contributed by atoms with E-state index in [-0.39, 0.29) is 23.2 Å². The van der Waals surface area contributed by atoms with Gasteiger partial charge >= 0.3 is 0 Å². The molecule has 24 heavy (non-hydrogen) atoms. The van der Waals surface area contributed by atoms with Gasteiger partial charge in [0.25, 0.3) is 5.91 Å². The fraction of sp³-hybridized carbons (Fsp3) is 0.429. The van der Waals surface area contributed by atoms with Crippen molar-refractivity contribution in [2.75, 3.05) is 26.7 Å². The number of sulfonamides is 1. The number of aromatic amines is 1.